The van der Waals surface area contributed by atoms with Crippen LogP contribution in [0.15, 0.2) is 54.6 Å². The van der Waals surface area contributed by atoms with Crippen LogP contribution in [0.1, 0.15) is 29.1 Å². The molecule has 1 atom stereocenters. The highest BCUT2D eigenvalue weighted by molar-refractivity contribution is 7.16. The molecule has 0 aliphatic carbocycles. The summed E-state index contributed by atoms with van der Waals surface area (Å²) in [4.78, 5) is 34.9. The summed E-state index contributed by atoms with van der Waals surface area (Å²) in [5, 5.41) is 7.33. The molecule has 164 valence electrons. The van der Waals surface area contributed by atoms with Crippen molar-refractivity contribution in [2.45, 2.75) is 13.0 Å². The van der Waals surface area contributed by atoms with Crippen LogP contribution < -0.4 is 11.1 Å². The number of benzene rings is 1. The van der Waals surface area contributed by atoms with Crippen LogP contribution in [-0.2, 0) is 7.05 Å². The highest BCUT2D eigenvalue weighted by Gasteiger charge is 2.23. The topological polar surface area (TPSA) is 137 Å². The largest absolute Gasteiger partial charge is 0.382 e. The minimum absolute atomic E-state index is 0.0158. The van der Waals surface area contributed by atoms with Crippen molar-refractivity contribution in [1.82, 2.24) is 40.0 Å². The summed E-state index contributed by atoms with van der Waals surface area (Å²) in [6, 6.07) is 7.23. The van der Waals surface area contributed by atoms with Crippen molar-refractivity contribution in [3.8, 4) is 22.6 Å². The molecule has 1 amide bonds. The average molecular weight is 458 g/mol. The number of aromatic nitrogens is 7. The van der Waals surface area contributed by atoms with Crippen molar-refractivity contribution < 1.29 is 4.79 Å². The van der Waals surface area contributed by atoms with Gasteiger partial charge in [0.25, 0.3) is 5.91 Å². The number of aryl methyl sites for hydroxylation is 1. The second-order valence-corrected chi connectivity index (χ2v) is 8.28. The molecule has 0 aliphatic heterocycles. The molecular weight excluding hydrogens is 438 g/mol. The normalized spacial score (nSPS) is 12.1. The molecule has 1 unspecified atom stereocenters. The van der Waals surface area contributed by atoms with Gasteiger partial charge in [0, 0.05) is 31.2 Å². The summed E-state index contributed by atoms with van der Waals surface area (Å²) in [5.74, 6) is -0.437. The van der Waals surface area contributed by atoms with E-state index in [9.17, 15) is 4.79 Å². The maximum absolute atomic E-state index is 13.1. The Hall–Kier alpha value is -4.25. The fourth-order valence-electron chi connectivity index (χ4n) is 3.41. The molecule has 0 spiro atoms. The summed E-state index contributed by atoms with van der Waals surface area (Å²) in [7, 11) is 1.82. The molecule has 5 aromatic rings. The molecule has 0 saturated heterocycles. The lowest BCUT2D eigenvalue weighted by molar-refractivity contribution is 0.0935. The smallest absolute Gasteiger partial charge is 0.274 e. The molecule has 0 fully saturated rings. The van der Waals surface area contributed by atoms with E-state index in [0.717, 1.165) is 15.8 Å². The van der Waals surface area contributed by atoms with Crippen molar-refractivity contribution >= 4 is 33.3 Å². The number of thiazole rings is 1. The van der Waals surface area contributed by atoms with Crippen LogP contribution in [0.2, 0.25) is 0 Å². The van der Waals surface area contributed by atoms with Gasteiger partial charge >= 0.3 is 0 Å². The van der Waals surface area contributed by atoms with Crippen molar-refractivity contribution in [1.29, 1.82) is 0 Å². The Kier molecular flexibility index (Phi) is 5.23. The first-order valence-corrected chi connectivity index (χ1v) is 11.0. The lowest BCUT2D eigenvalue weighted by atomic mass is 10.1. The fourth-order valence-corrected chi connectivity index (χ4v) is 4.13. The van der Waals surface area contributed by atoms with Gasteiger partial charge in [-0.05, 0) is 25.1 Å². The number of nitrogens with two attached hydrogens (primary N) is 1. The second kappa shape index (κ2) is 8.36. The first-order valence-electron chi connectivity index (χ1n) is 10.1. The first kappa shape index (κ1) is 20.6. The molecule has 0 aliphatic rings. The quantitative estimate of drug-likeness (QED) is 0.411. The fraction of sp³-hybridized carbons (Fsp3) is 0.136. The Morgan fingerprint density at radius 2 is 2.03 bits per heavy atom. The predicted molar refractivity (Wildman–Crippen MR) is 125 cm³/mol. The van der Waals surface area contributed by atoms with Crippen molar-refractivity contribution in [2.24, 2.45) is 7.05 Å². The highest BCUT2D eigenvalue weighted by Crippen LogP contribution is 2.32. The third kappa shape index (κ3) is 4.01. The minimum atomic E-state index is -0.453. The Balaban J connectivity index is 1.59. The molecule has 10 nitrogen and oxygen atoms in total. The van der Waals surface area contributed by atoms with Gasteiger partial charge in [0.2, 0.25) is 0 Å². The van der Waals surface area contributed by atoms with Gasteiger partial charge in [0.15, 0.2) is 11.5 Å². The van der Waals surface area contributed by atoms with Crippen LogP contribution >= 0.6 is 11.3 Å². The molecular formula is C22H19N9OS. The van der Waals surface area contributed by atoms with Crippen molar-refractivity contribution in [3.05, 3.63) is 66.0 Å². The standard InChI is InChI=1S/C22H19N9OS/c1-12(16-10-24-6-7-25-16)27-22(32)20-21(23)29-19(15-5-8-31(2)30-15)18(28-20)13-3-4-14-17(9-13)33-11-26-14/h3-12H,1-2H3,(H2,23,29)(H,27,32). The summed E-state index contributed by atoms with van der Waals surface area (Å²) >= 11 is 1.53. The third-order valence-corrected chi connectivity index (χ3v) is 5.86. The lowest BCUT2D eigenvalue weighted by Crippen LogP contribution is -2.29. The molecule has 0 saturated carbocycles. The number of hydrogen-bond acceptors (Lipinski definition) is 9. The number of amides is 1. The van der Waals surface area contributed by atoms with E-state index in [2.05, 4.69) is 35.3 Å². The van der Waals surface area contributed by atoms with Gasteiger partial charge in [-0.15, -0.1) is 11.3 Å². The monoisotopic (exact) mass is 457 g/mol. The molecule has 11 heteroatoms. The van der Waals surface area contributed by atoms with Crippen molar-refractivity contribution in [2.75, 3.05) is 5.73 Å². The molecule has 5 rings (SSSR count). The number of rotatable bonds is 5. The second-order valence-electron chi connectivity index (χ2n) is 7.39. The number of hydrogen-bond donors (Lipinski definition) is 2. The van der Waals surface area contributed by atoms with E-state index in [1.54, 1.807) is 28.8 Å². The van der Waals surface area contributed by atoms with Gasteiger partial charge in [0.05, 0.1) is 39.4 Å². The zero-order valence-corrected chi connectivity index (χ0v) is 18.6. The molecule has 4 aromatic heterocycles. The van der Waals surface area contributed by atoms with Gasteiger partial charge in [-0.25, -0.2) is 15.0 Å². The molecule has 4 heterocycles. The summed E-state index contributed by atoms with van der Waals surface area (Å²) in [5.41, 5.74) is 11.9. The minimum Gasteiger partial charge on any atom is -0.382 e. The van der Waals surface area contributed by atoms with E-state index in [1.807, 2.05) is 44.4 Å². The van der Waals surface area contributed by atoms with E-state index < -0.39 is 5.91 Å². The Labute approximate surface area is 192 Å². The van der Waals surface area contributed by atoms with Gasteiger partial charge in [-0.2, -0.15) is 5.10 Å². The number of anilines is 1. The number of nitrogens with zero attached hydrogens (tertiary/aromatic N) is 7. The van der Waals surface area contributed by atoms with E-state index >= 15 is 0 Å². The van der Waals surface area contributed by atoms with Crippen LogP contribution in [0.3, 0.4) is 0 Å². The highest BCUT2D eigenvalue weighted by atomic mass is 32.1. The van der Waals surface area contributed by atoms with E-state index in [0.29, 0.717) is 22.8 Å². The van der Waals surface area contributed by atoms with Gasteiger partial charge < -0.3 is 11.1 Å². The maximum atomic E-state index is 13.1. The molecule has 0 bridgehead atoms. The van der Waals surface area contributed by atoms with Crippen LogP contribution in [-0.4, -0.2) is 40.6 Å². The first-order chi connectivity index (χ1) is 16.0. The van der Waals surface area contributed by atoms with Crippen LogP contribution in [0.4, 0.5) is 5.82 Å². The Morgan fingerprint density at radius 1 is 1.15 bits per heavy atom. The maximum Gasteiger partial charge on any atom is 0.274 e. The number of nitrogen functional groups attached to an aromatic ring is 1. The summed E-state index contributed by atoms with van der Waals surface area (Å²) in [6.07, 6.45) is 6.55. The Morgan fingerprint density at radius 3 is 2.79 bits per heavy atom. The third-order valence-electron chi connectivity index (χ3n) is 5.07. The number of carbonyl (C=O) groups excluding carboxylic acids is 1. The lowest BCUT2D eigenvalue weighted by Gasteiger charge is -2.15. The summed E-state index contributed by atoms with van der Waals surface area (Å²) in [6.45, 7) is 1.81. The zero-order valence-electron chi connectivity index (χ0n) is 17.8. The zero-order chi connectivity index (χ0) is 22.9. The molecule has 3 N–H and O–H groups in total. The van der Waals surface area contributed by atoms with Crippen LogP contribution in [0.25, 0.3) is 32.9 Å². The summed E-state index contributed by atoms with van der Waals surface area (Å²) < 4.78 is 2.67. The molecule has 1 aromatic carbocycles. The van der Waals surface area contributed by atoms with Gasteiger partial charge in [-0.3, -0.25) is 19.4 Å². The number of nitrogens with one attached hydrogen (secondary N) is 1. The Bertz CT molecular complexity index is 1460. The SMILES string of the molecule is CC(NC(=O)c1nc(-c2ccc3ncsc3c2)c(-c2ccn(C)n2)nc1N)c1cnccn1. The number of fused-ring (bicyclic) bond motifs is 1. The van der Waals surface area contributed by atoms with Crippen LogP contribution in [0, 0.1) is 0 Å². The van der Waals surface area contributed by atoms with Crippen molar-refractivity contribution in [3.63, 3.8) is 0 Å². The molecule has 0 radical (unpaired) electrons. The average Bonchev–Trinajstić information content (AvgIpc) is 3.47. The molecule has 33 heavy (non-hydrogen) atoms. The number of carbonyl (C=O) groups is 1. The van der Waals surface area contributed by atoms with Gasteiger partial charge in [-0.1, -0.05) is 6.07 Å². The van der Waals surface area contributed by atoms with E-state index in [-0.39, 0.29) is 17.6 Å². The van der Waals surface area contributed by atoms with Gasteiger partial charge in [0.1, 0.15) is 11.4 Å². The van der Waals surface area contributed by atoms with E-state index in [1.165, 1.54) is 11.3 Å². The predicted octanol–water partition coefficient (Wildman–Crippen LogP) is 3.02. The van der Waals surface area contributed by atoms with Crippen LogP contribution in [0.5, 0.6) is 0 Å². The van der Waals surface area contributed by atoms with E-state index in [4.69, 9.17) is 5.73 Å².